The molecule has 4 aromatic carbocycles. The molecular formula is C30H26O3S. The Morgan fingerprint density at radius 1 is 0.706 bits per heavy atom. The molecule has 1 aliphatic rings. The molecule has 5 atom stereocenters. The molecular weight excluding hydrogens is 440 g/mol. The number of ketones is 1. The third kappa shape index (κ3) is 4.04. The summed E-state index contributed by atoms with van der Waals surface area (Å²) in [7, 11) is -1.44. The van der Waals surface area contributed by atoms with Gasteiger partial charge in [0.05, 0.1) is 16.4 Å². The smallest absolute Gasteiger partial charge is 0.170 e. The maximum atomic E-state index is 14.2. The molecule has 3 nitrogen and oxygen atoms in total. The van der Waals surface area contributed by atoms with E-state index in [2.05, 4.69) is 0 Å². The van der Waals surface area contributed by atoms with Crippen LogP contribution < -0.4 is 0 Å². The van der Waals surface area contributed by atoms with Gasteiger partial charge in [-0.3, -0.25) is 9.00 Å². The van der Waals surface area contributed by atoms with E-state index in [1.54, 1.807) is 12.1 Å². The molecule has 34 heavy (non-hydrogen) atoms. The molecule has 0 aromatic heterocycles. The summed E-state index contributed by atoms with van der Waals surface area (Å²) in [6, 6.07) is 37.6. The average Bonchev–Trinajstić information content (AvgIpc) is 2.91. The number of hydrogen-bond acceptors (Lipinski definition) is 3. The number of Topliss-reactive ketones (excluding diaryl/α,β-unsaturated/α-hetero) is 1. The van der Waals surface area contributed by atoms with Crippen LogP contribution in [0.25, 0.3) is 0 Å². The molecule has 1 fully saturated rings. The van der Waals surface area contributed by atoms with Crippen molar-refractivity contribution in [2.24, 2.45) is 5.92 Å². The van der Waals surface area contributed by atoms with Gasteiger partial charge < -0.3 is 5.11 Å². The van der Waals surface area contributed by atoms with Crippen molar-refractivity contribution in [1.29, 1.82) is 0 Å². The number of aliphatic hydroxyl groups is 1. The lowest BCUT2D eigenvalue weighted by Crippen LogP contribution is -2.50. The predicted octanol–water partition coefficient (Wildman–Crippen LogP) is 6.01. The zero-order valence-electron chi connectivity index (χ0n) is 18.7. The van der Waals surface area contributed by atoms with Crippen LogP contribution in [0.2, 0.25) is 0 Å². The first-order valence-corrected chi connectivity index (χ1v) is 12.7. The third-order valence-corrected chi connectivity index (χ3v) is 8.80. The number of carbonyl (C=O) groups excluding carboxylic acids is 1. The van der Waals surface area contributed by atoms with Gasteiger partial charge in [0.15, 0.2) is 5.78 Å². The van der Waals surface area contributed by atoms with Gasteiger partial charge in [-0.05, 0) is 23.1 Å². The SMILES string of the molecule is O=C(c1ccccc1)C1C(c2ccccc2)S(=O)C(c2ccccc2)CC1(O)c1ccccc1. The van der Waals surface area contributed by atoms with Crippen molar-refractivity contribution in [2.45, 2.75) is 22.5 Å². The van der Waals surface area contributed by atoms with Crippen molar-refractivity contribution >= 4 is 16.6 Å². The van der Waals surface area contributed by atoms with Gasteiger partial charge >= 0.3 is 0 Å². The van der Waals surface area contributed by atoms with Crippen LogP contribution in [0, 0.1) is 5.92 Å². The van der Waals surface area contributed by atoms with Crippen LogP contribution in [0.5, 0.6) is 0 Å². The normalized spacial score (nSPS) is 26.6. The Bertz CT molecular complexity index is 1280. The second-order valence-electron chi connectivity index (χ2n) is 8.76. The summed E-state index contributed by atoms with van der Waals surface area (Å²) >= 11 is 0. The largest absolute Gasteiger partial charge is 0.384 e. The van der Waals surface area contributed by atoms with Gasteiger partial charge in [-0.15, -0.1) is 0 Å². The summed E-state index contributed by atoms with van der Waals surface area (Å²) in [6.45, 7) is 0. The van der Waals surface area contributed by atoms with E-state index in [1.165, 1.54) is 0 Å². The monoisotopic (exact) mass is 466 g/mol. The van der Waals surface area contributed by atoms with Crippen LogP contribution in [-0.4, -0.2) is 15.1 Å². The van der Waals surface area contributed by atoms with Gasteiger partial charge in [-0.1, -0.05) is 121 Å². The second-order valence-corrected chi connectivity index (χ2v) is 10.5. The lowest BCUT2D eigenvalue weighted by Gasteiger charge is -2.47. The van der Waals surface area contributed by atoms with E-state index in [4.69, 9.17) is 0 Å². The Hall–Kier alpha value is -3.34. The Labute approximate surface area is 202 Å². The fraction of sp³-hybridized carbons (Fsp3) is 0.167. The van der Waals surface area contributed by atoms with Gasteiger partial charge in [-0.25, -0.2) is 0 Å². The van der Waals surface area contributed by atoms with Gasteiger partial charge in [0, 0.05) is 16.4 Å². The molecule has 1 N–H and O–H groups in total. The quantitative estimate of drug-likeness (QED) is 0.367. The highest BCUT2D eigenvalue weighted by atomic mass is 32.2. The Balaban J connectivity index is 1.74. The topological polar surface area (TPSA) is 54.4 Å². The van der Waals surface area contributed by atoms with Gasteiger partial charge in [0.2, 0.25) is 0 Å². The molecule has 5 rings (SSSR count). The van der Waals surface area contributed by atoms with Crippen molar-refractivity contribution in [3.05, 3.63) is 144 Å². The van der Waals surface area contributed by atoms with Crippen molar-refractivity contribution in [3.8, 4) is 0 Å². The minimum Gasteiger partial charge on any atom is -0.384 e. The van der Waals surface area contributed by atoms with Crippen LogP contribution >= 0.6 is 0 Å². The van der Waals surface area contributed by atoms with Crippen molar-refractivity contribution in [1.82, 2.24) is 0 Å². The number of carbonyl (C=O) groups is 1. The first kappa shape index (κ1) is 22.5. The fourth-order valence-electron chi connectivity index (χ4n) is 5.10. The van der Waals surface area contributed by atoms with E-state index < -0.39 is 32.8 Å². The predicted molar refractivity (Wildman–Crippen MR) is 136 cm³/mol. The average molecular weight is 467 g/mol. The second kappa shape index (κ2) is 9.49. The van der Waals surface area contributed by atoms with Crippen molar-refractivity contribution in [2.75, 3.05) is 0 Å². The van der Waals surface area contributed by atoms with E-state index in [1.807, 2.05) is 109 Å². The van der Waals surface area contributed by atoms with Crippen LogP contribution in [0.3, 0.4) is 0 Å². The fourth-order valence-corrected chi connectivity index (χ4v) is 7.34. The summed E-state index contributed by atoms with van der Waals surface area (Å²) in [5, 5.41) is 11.4. The van der Waals surface area contributed by atoms with Crippen molar-refractivity contribution in [3.63, 3.8) is 0 Å². The maximum Gasteiger partial charge on any atom is 0.170 e. The van der Waals surface area contributed by atoms with Crippen LogP contribution in [0.15, 0.2) is 121 Å². The Morgan fingerprint density at radius 2 is 1.18 bits per heavy atom. The molecule has 4 aromatic rings. The summed E-state index contributed by atoms with van der Waals surface area (Å²) in [5.74, 6) is -1.10. The van der Waals surface area contributed by atoms with E-state index in [0.29, 0.717) is 11.1 Å². The highest BCUT2D eigenvalue weighted by molar-refractivity contribution is 7.85. The zero-order valence-corrected chi connectivity index (χ0v) is 19.5. The third-order valence-electron chi connectivity index (χ3n) is 6.76. The van der Waals surface area contributed by atoms with Gasteiger partial charge in [0.25, 0.3) is 0 Å². The van der Waals surface area contributed by atoms with Gasteiger partial charge in [-0.2, -0.15) is 0 Å². The zero-order chi connectivity index (χ0) is 23.5. The number of hydrogen-bond donors (Lipinski definition) is 1. The number of benzene rings is 4. The van der Waals surface area contributed by atoms with E-state index in [-0.39, 0.29) is 12.2 Å². The molecule has 0 aliphatic carbocycles. The van der Waals surface area contributed by atoms with E-state index >= 15 is 0 Å². The minimum absolute atomic E-state index is 0.194. The summed E-state index contributed by atoms with van der Waals surface area (Å²) in [6.07, 6.45) is 0.195. The Kier molecular flexibility index (Phi) is 6.27. The van der Waals surface area contributed by atoms with E-state index in [0.717, 1.165) is 11.1 Å². The van der Waals surface area contributed by atoms with Crippen LogP contribution in [-0.2, 0) is 16.4 Å². The first-order valence-electron chi connectivity index (χ1n) is 11.5. The molecule has 0 spiro atoms. The van der Waals surface area contributed by atoms with Gasteiger partial charge in [0.1, 0.15) is 5.60 Å². The van der Waals surface area contributed by atoms with Crippen molar-refractivity contribution < 1.29 is 14.1 Å². The lowest BCUT2D eigenvalue weighted by atomic mass is 9.70. The number of rotatable bonds is 5. The highest BCUT2D eigenvalue weighted by Crippen LogP contribution is 2.55. The molecule has 4 heteroatoms. The summed E-state index contributed by atoms with van der Waals surface area (Å²) in [4.78, 5) is 14.1. The molecule has 1 heterocycles. The molecule has 170 valence electrons. The van der Waals surface area contributed by atoms with Crippen LogP contribution in [0.4, 0.5) is 0 Å². The summed E-state index contributed by atoms with van der Waals surface area (Å²) < 4.78 is 14.2. The molecule has 0 amide bonds. The Morgan fingerprint density at radius 3 is 1.74 bits per heavy atom. The standard InChI is InChI=1S/C30H26O3S/c31-28(23-15-7-2-8-16-23)27-29(24-17-9-3-10-18-24)34(33)26(22-13-5-1-6-14-22)21-30(27,32)25-19-11-4-12-20-25/h1-20,26-27,29,32H,21H2. The lowest BCUT2D eigenvalue weighted by molar-refractivity contribution is -0.0298. The molecule has 5 unspecified atom stereocenters. The van der Waals surface area contributed by atoms with E-state index in [9.17, 15) is 14.1 Å². The first-order chi connectivity index (χ1) is 16.6. The highest BCUT2D eigenvalue weighted by Gasteiger charge is 2.56. The molecule has 0 bridgehead atoms. The molecule has 0 saturated carbocycles. The minimum atomic E-state index is -1.50. The summed E-state index contributed by atoms with van der Waals surface area (Å²) in [5.41, 5.74) is 1.39. The van der Waals surface area contributed by atoms with Crippen LogP contribution in [0.1, 0.15) is 44.0 Å². The molecule has 1 saturated heterocycles. The maximum absolute atomic E-state index is 14.2. The molecule has 1 aliphatic heterocycles. The molecule has 0 radical (unpaired) electrons.